The summed E-state index contributed by atoms with van der Waals surface area (Å²) < 4.78 is 1.07. The van der Waals surface area contributed by atoms with E-state index in [0.29, 0.717) is 0 Å². The fourth-order valence-electron chi connectivity index (χ4n) is 0.516. The zero-order valence-electron chi connectivity index (χ0n) is 11.1. The van der Waals surface area contributed by atoms with Crippen molar-refractivity contribution >= 4 is 11.9 Å². The Morgan fingerprint density at radius 3 is 1.38 bits per heavy atom. The van der Waals surface area contributed by atoms with Crippen LogP contribution in [0.25, 0.3) is 0 Å². The predicted octanol–water partition coefficient (Wildman–Crippen LogP) is -3.60. The zero-order chi connectivity index (χ0) is 13.8. The van der Waals surface area contributed by atoms with Crippen LogP contribution < -0.4 is 15.5 Å². The van der Waals surface area contributed by atoms with Gasteiger partial charge in [-0.05, 0) is 13.8 Å². The number of nitrogens with zero attached hydrogens (tertiary/aromatic N) is 1. The molecule has 0 fully saturated rings. The number of hydrogen-bond donors (Lipinski definition) is 1. The van der Waals surface area contributed by atoms with Crippen molar-refractivity contribution in [3.05, 3.63) is 0 Å². The topological polar surface area (TPSA) is 96.9 Å². The van der Waals surface area contributed by atoms with Crippen molar-refractivity contribution in [1.82, 2.24) is 0 Å². The summed E-state index contributed by atoms with van der Waals surface area (Å²) in [6, 6.07) is 0. The van der Waals surface area contributed by atoms with Crippen LogP contribution in [-0.2, 0) is 9.59 Å². The quantitative estimate of drug-likeness (QED) is 0.512. The molecule has 0 bridgehead atoms. The Morgan fingerprint density at radius 1 is 1.06 bits per heavy atom. The van der Waals surface area contributed by atoms with E-state index in [1.165, 1.54) is 13.1 Å². The second kappa shape index (κ2) is 11.9. The van der Waals surface area contributed by atoms with E-state index in [-0.39, 0.29) is 0 Å². The summed E-state index contributed by atoms with van der Waals surface area (Å²) >= 11 is 0. The molecule has 0 aromatic rings. The van der Waals surface area contributed by atoms with Crippen LogP contribution in [-0.4, -0.2) is 57.7 Å². The van der Waals surface area contributed by atoms with E-state index >= 15 is 0 Å². The number of rotatable bonds is 3. The Morgan fingerprint density at radius 2 is 1.31 bits per heavy atom. The van der Waals surface area contributed by atoms with Gasteiger partial charge < -0.3 is 29.6 Å². The minimum Gasteiger partial charge on any atom is -0.550 e. The van der Waals surface area contributed by atoms with Gasteiger partial charge in [0.2, 0.25) is 0 Å². The van der Waals surface area contributed by atoms with Crippen LogP contribution in [0.4, 0.5) is 0 Å². The molecule has 0 aromatic heterocycles. The molecule has 0 heterocycles. The highest BCUT2D eigenvalue weighted by molar-refractivity contribution is 5.60. The third kappa shape index (κ3) is 121. The Kier molecular flexibility index (Phi) is 15.1. The van der Waals surface area contributed by atoms with Gasteiger partial charge in [0.05, 0.1) is 28.2 Å². The molecule has 98 valence electrons. The Balaban J connectivity index is -0.000000179. The van der Waals surface area contributed by atoms with Crippen molar-refractivity contribution in [3.8, 4) is 0 Å². The van der Waals surface area contributed by atoms with Crippen molar-refractivity contribution in [2.45, 2.75) is 13.8 Å². The normalized spacial score (nSPS) is 9.12. The molecule has 2 N–H and O–H groups in total. The van der Waals surface area contributed by atoms with Crippen molar-refractivity contribution in [2.24, 2.45) is 0 Å². The number of carboxylic acids is 2. The first-order valence-electron chi connectivity index (χ1n) is 4.96. The first-order valence-corrected chi connectivity index (χ1v) is 4.96. The van der Waals surface area contributed by atoms with Crippen molar-refractivity contribution < 1.29 is 29.6 Å². The molecular weight excluding hydrogens is 212 g/mol. The van der Waals surface area contributed by atoms with Gasteiger partial charge in [0.15, 0.2) is 0 Å². The van der Waals surface area contributed by atoms with Crippen LogP contribution >= 0.6 is 0 Å². The summed E-state index contributed by atoms with van der Waals surface area (Å²) in [6.45, 7) is 4.42. The Labute approximate surface area is 97.5 Å². The van der Waals surface area contributed by atoms with Crippen molar-refractivity contribution in [1.29, 1.82) is 0 Å². The SMILES string of the molecule is CC(=O)[O-].CC(=O)[O-].C[NH2+]CC[N+](C)(C)C. The lowest BCUT2D eigenvalue weighted by molar-refractivity contribution is -0.883. The average Bonchev–Trinajstić information content (AvgIpc) is 1.97. The molecule has 0 atom stereocenters. The van der Waals surface area contributed by atoms with E-state index in [1.807, 2.05) is 0 Å². The van der Waals surface area contributed by atoms with Gasteiger partial charge in [-0.15, -0.1) is 0 Å². The standard InChI is InChI=1S/C6H17N2.2C2H4O2/c1-7-5-6-8(2,3)4;2*1-2(3)4/h7H,5-6H2,1-4H3;2*1H3,(H,3,4)/q+1;;/p-1. The van der Waals surface area contributed by atoms with Crippen LogP contribution in [0.2, 0.25) is 0 Å². The Bertz CT molecular complexity index is 168. The summed E-state index contributed by atoms with van der Waals surface area (Å²) in [4.78, 5) is 17.8. The van der Waals surface area contributed by atoms with E-state index in [0.717, 1.165) is 18.3 Å². The lowest BCUT2D eigenvalue weighted by Crippen LogP contribution is -2.81. The fraction of sp³-hybridized carbons (Fsp3) is 0.800. The predicted molar refractivity (Wildman–Crippen MR) is 57.0 cm³/mol. The van der Waals surface area contributed by atoms with Crippen LogP contribution in [0.1, 0.15) is 13.8 Å². The van der Waals surface area contributed by atoms with Crippen LogP contribution in [0.3, 0.4) is 0 Å². The number of likely N-dealkylation sites (N-methyl/N-ethyl adjacent to an activating group) is 2. The van der Waals surface area contributed by atoms with Gasteiger partial charge in [-0.1, -0.05) is 0 Å². The van der Waals surface area contributed by atoms with E-state index in [2.05, 4.69) is 33.5 Å². The number of carboxylic acid groups (broad SMARTS) is 2. The highest BCUT2D eigenvalue weighted by Crippen LogP contribution is 1.83. The Hall–Kier alpha value is -1.14. The molecule has 0 spiro atoms. The van der Waals surface area contributed by atoms with Gasteiger partial charge in [-0.3, -0.25) is 0 Å². The first-order chi connectivity index (χ1) is 7.02. The van der Waals surface area contributed by atoms with Crippen LogP contribution in [0, 0.1) is 0 Å². The monoisotopic (exact) mass is 236 g/mol. The average molecular weight is 236 g/mol. The molecule has 6 nitrogen and oxygen atoms in total. The second-order valence-corrected chi connectivity index (χ2v) is 4.19. The molecule has 0 radical (unpaired) electrons. The number of aliphatic carboxylic acids is 2. The smallest absolute Gasteiger partial charge is 0.128 e. The largest absolute Gasteiger partial charge is 0.550 e. The van der Waals surface area contributed by atoms with E-state index < -0.39 is 11.9 Å². The molecule has 0 saturated heterocycles. The highest BCUT2D eigenvalue weighted by atomic mass is 16.4. The van der Waals surface area contributed by atoms with Gasteiger partial charge in [0.25, 0.3) is 0 Å². The van der Waals surface area contributed by atoms with Gasteiger partial charge in [0, 0.05) is 11.9 Å². The molecule has 0 aliphatic rings. The maximum absolute atomic E-state index is 8.89. The molecule has 0 saturated carbocycles. The van der Waals surface area contributed by atoms with Crippen LogP contribution in [0.15, 0.2) is 0 Å². The maximum Gasteiger partial charge on any atom is 0.128 e. The highest BCUT2D eigenvalue weighted by Gasteiger charge is 2.04. The molecular formula is C10H24N2O4. The number of carbonyl (C=O) groups excluding carboxylic acids is 2. The summed E-state index contributed by atoms with van der Waals surface area (Å²) in [5.41, 5.74) is 0. The third-order valence-electron chi connectivity index (χ3n) is 1.09. The summed E-state index contributed by atoms with van der Waals surface area (Å²) in [6.07, 6.45) is 0. The summed E-state index contributed by atoms with van der Waals surface area (Å²) in [7, 11) is 8.74. The number of quaternary nitrogens is 2. The van der Waals surface area contributed by atoms with Crippen molar-refractivity contribution in [2.75, 3.05) is 41.3 Å². The van der Waals surface area contributed by atoms with E-state index in [4.69, 9.17) is 19.8 Å². The van der Waals surface area contributed by atoms with Crippen molar-refractivity contribution in [3.63, 3.8) is 0 Å². The molecule has 0 aliphatic heterocycles. The lowest BCUT2D eigenvalue weighted by atomic mass is 10.5. The molecule has 0 aliphatic carbocycles. The molecule has 0 aromatic carbocycles. The summed E-state index contributed by atoms with van der Waals surface area (Å²) in [5.74, 6) is -2.17. The summed E-state index contributed by atoms with van der Waals surface area (Å²) in [5, 5.41) is 20.0. The molecule has 16 heavy (non-hydrogen) atoms. The van der Waals surface area contributed by atoms with E-state index in [9.17, 15) is 0 Å². The van der Waals surface area contributed by atoms with Gasteiger partial charge in [-0.2, -0.15) is 0 Å². The van der Waals surface area contributed by atoms with Gasteiger partial charge in [0.1, 0.15) is 13.1 Å². The number of nitrogens with two attached hydrogens (primary N) is 1. The second-order valence-electron chi connectivity index (χ2n) is 4.19. The number of hydrogen-bond acceptors (Lipinski definition) is 4. The molecule has 6 heteroatoms. The lowest BCUT2D eigenvalue weighted by Gasteiger charge is -2.21. The van der Waals surface area contributed by atoms with E-state index in [1.54, 1.807) is 0 Å². The zero-order valence-corrected chi connectivity index (χ0v) is 11.1. The third-order valence-corrected chi connectivity index (χ3v) is 1.09. The fourth-order valence-corrected chi connectivity index (χ4v) is 0.516. The maximum atomic E-state index is 8.89. The number of carbonyl (C=O) groups is 2. The van der Waals surface area contributed by atoms with Crippen LogP contribution in [0.5, 0.6) is 0 Å². The molecule has 0 amide bonds. The van der Waals surface area contributed by atoms with Gasteiger partial charge in [-0.25, -0.2) is 0 Å². The molecule has 0 unspecified atom stereocenters. The first kappa shape index (κ1) is 20.3. The minimum atomic E-state index is -1.08. The molecule has 0 rings (SSSR count). The van der Waals surface area contributed by atoms with Gasteiger partial charge >= 0.3 is 0 Å². The minimum absolute atomic E-state index is 0.972.